The van der Waals surface area contributed by atoms with Crippen LogP contribution in [0.5, 0.6) is 0 Å². The van der Waals surface area contributed by atoms with Crippen molar-refractivity contribution >= 4 is 0 Å². The van der Waals surface area contributed by atoms with Gasteiger partial charge in [-0.1, -0.05) is 27.7 Å². The lowest BCUT2D eigenvalue weighted by molar-refractivity contribution is -0.151. The molecule has 2 unspecified atom stereocenters. The summed E-state index contributed by atoms with van der Waals surface area (Å²) in [6.45, 7) is 8.12. The molecule has 1 heterocycles. The summed E-state index contributed by atoms with van der Waals surface area (Å²) in [4.78, 5) is 1.54. The molecule has 2 atom stereocenters. The van der Waals surface area contributed by atoms with Gasteiger partial charge < -0.3 is 5.32 Å². The van der Waals surface area contributed by atoms with Crippen LogP contribution in [0.15, 0.2) is 0 Å². The minimum absolute atomic E-state index is 0.0958. The van der Waals surface area contributed by atoms with Gasteiger partial charge in [0.25, 0.3) is 0 Å². The average Bonchev–Trinajstić information content (AvgIpc) is 2.26. The van der Waals surface area contributed by atoms with Crippen LogP contribution in [0.2, 0.25) is 0 Å². The number of nitrogens with one attached hydrogen (secondary N) is 1. The fourth-order valence-electron chi connectivity index (χ4n) is 2.81. The monoisotopic (exact) mass is 298 g/mol. The summed E-state index contributed by atoms with van der Waals surface area (Å²) in [7, 11) is 0. The largest absolute Gasteiger partial charge is 0.319 e. The van der Waals surface area contributed by atoms with E-state index >= 15 is 0 Å². The highest BCUT2D eigenvalue weighted by molar-refractivity contribution is 4.91. The Kier molecular flexibility index (Phi) is 6.25. The number of rotatable bonds is 6. The molecule has 0 radical (unpaired) electrons. The Morgan fingerprint density at radius 3 is 2.25 bits per heavy atom. The van der Waals surface area contributed by atoms with Crippen molar-refractivity contribution < 1.29 is 17.6 Å². The third kappa shape index (κ3) is 4.88. The van der Waals surface area contributed by atoms with E-state index in [0.717, 1.165) is 6.42 Å². The van der Waals surface area contributed by atoms with E-state index in [0.29, 0.717) is 19.0 Å². The molecule has 1 saturated heterocycles. The van der Waals surface area contributed by atoms with Gasteiger partial charge in [0.2, 0.25) is 0 Å². The number of alkyl halides is 4. The van der Waals surface area contributed by atoms with Crippen molar-refractivity contribution in [1.29, 1.82) is 0 Å². The summed E-state index contributed by atoms with van der Waals surface area (Å²) in [5.41, 5.74) is 0. The van der Waals surface area contributed by atoms with Crippen LogP contribution in [0.1, 0.15) is 34.1 Å². The Balaban J connectivity index is 2.73. The summed E-state index contributed by atoms with van der Waals surface area (Å²) in [5, 5.41) is 3.35. The summed E-state index contributed by atoms with van der Waals surface area (Å²) >= 11 is 0. The SMILES string of the molecule is CC(C)CC1CN(CC(F)(F)C(F)F)C(C(C)C)CN1. The van der Waals surface area contributed by atoms with Crippen molar-refractivity contribution in [3.05, 3.63) is 0 Å². The molecule has 1 aliphatic heterocycles. The van der Waals surface area contributed by atoms with Gasteiger partial charge in [0, 0.05) is 25.2 Å². The second-order valence-corrected chi connectivity index (χ2v) is 6.54. The van der Waals surface area contributed by atoms with E-state index in [1.807, 2.05) is 13.8 Å². The third-order valence-corrected chi connectivity index (χ3v) is 3.80. The lowest BCUT2D eigenvalue weighted by Gasteiger charge is -2.44. The number of piperazine rings is 1. The highest BCUT2D eigenvalue weighted by Crippen LogP contribution is 2.27. The average molecular weight is 298 g/mol. The van der Waals surface area contributed by atoms with Gasteiger partial charge in [0.05, 0.1) is 6.54 Å². The van der Waals surface area contributed by atoms with Gasteiger partial charge in [-0.3, -0.25) is 4.90 Å². The third-order valence-electron chi connectivity index (χ3n) is 3.80. The van der Waals surface area contributed by atoms with Gasteiger partial charge in [-0.25, -0.2) is 8.78 Å². The van der Waals surface area contributed by atoms with Gasteiger partial charge in [0.1, 0.15) is 0 Å². The summed E-state index contributed by atoms with van der Waals surface area (Å²) in [6.07, 6.45) is -2.74. The smallest absolute Gasteiger partial charge is 0.311 e. The van der Waals surface area contributed by atoms with E-state index in [9.17, 15) is 17.6 Å². The van der Waals surface area contributed by atoms with E-state index < -0.39 is 18.9 Å². The maximum atomic E-state index is 13.3. The van der Waals surface area contributed by atoms with Gasteiger partial charge in [-0.15, -0.1) is 0 Å². The molecule has 0 spiro atoms. The van der Waals surface area contributed by atoms with Gasteiger partial charge in [-0.2, -0.15) is 8.78 Å². The standard InChI is InChI=1S/C14H26F4N2/c1-9(2)5-11-7-20(8-14(17,18)13(15)16)12(6-19-11)10(3)4/h9-13,19H,5-8H2,1-4H3. The predicted molar refractivity (Wildman–Crippen MR) is 72.4 cm³/mol. The molecular formula is C14H26F4N2. The van der Waals surface area contributed by atoms with Crippen molar-refractivity contribution in [2.24, 2.45) is 11.8 Å². The van der Waals surface area contributed by atoms with Crippen molar-refractivity contribution in [1.82, 2.24) is 10.2 Å². The Hall–Kier alpha value is -0.360. The normalized spacial score (nSPS) is 25.9. The van der Waals surface area contributed by atoms with Crippen LogP contribution in [0.25, 0.3) is 0 Å². The van der Waals surface area contributed by atoms with E-state index in [1.165, 1.54) is 0 Å². The summed E-state index contributed by atoms with van der Waals surface area (Å²) < 4.78 is 51.5. The second kappa shape index (κ2) is 7.07. The van der Waals surface area contributed by atoms with Crippen LogP contribution in [0.4, 0.5) is 17.6 Å². The van der Waals surface area contributed by atoms with E-state index in [1.54, 1.807) is 4.90 Å². The van der Waals surface area contributed by atoms with Crippen molar-refractivity contribution in [2.75, 3.05) is 19.6 Å². The molecule has 2 nitrogen and oxygen atoms in total. The Bertz CT molecular complexity index is 295. The molecule has 0 saturated carbocycles. The number of hydrogen-bond donors (Lipinski definition) is 1. The predicted octanol–water partition coefficient (Wildman–Crippen LogP) is 3.23. The molecule has 0 aliphatic carbocycles. The molecule has 1 aliphatic rings. The fourth-order valence-corrected chi connectivity index (χ4v) is 2.81. The topological polar surface area (TPSA) is 15.3 Å². The first-order chi connectivity index (χ1) is 9.13. The number of nitrogens with zero attached hydrogens (tertiary/aromatic N) is 1. The minimum atomic E-state index is -3.94. The fraction of sp³-hybridized carbons (Fsp3) is 1.00. The number of hydrogen-bond acceptors (Lipinski definition) is 2. The van der Waals surface area contributed by atoms with Crippen molar-refractivity contribution in [3.8, 4) is 0 Å². The Labute approximate surface area is 118 Å². The van der Waals surface area contributed by atoms with Crippen LogP contribution in [0.3, 0.4) is 0 Å². The highest BCUT2D eigenvalue weighted by Gasteiger charge is 2.45. The van der Waals surface area contributed by atoms with Gasteiger partial charge >= 0.3 is 12.3 Å². The highest BCUT2D eigenvalue weighted by atomic mass is 19.3. The van der Waals surface area contributed by atoms with Crippen LogP contribution in [0, 0.1) is 11.8 Å². The molecule has 0 amide bonds. The molecule has 1 N–H and O–H groups in total. The maximum Gasteiger partial charge on any atom is 0.319 e. The minimum Gasteiger partial charge on any atom is -0.311 e. The summed E-state index contributed by atoms with van der Waals surface area (Å²) in [5.74, 6) is -3.34. The molecule has 0 aromatic rings. The maximum absolute atomic E-state index is 13.3. The van der Waals surface area contributed by atoms with Crippen LogP contribution in [-0.2, 0) is 0 Å². The zero-order valence-corrected chi connectivity index (χ0v) is 12.7. The molecule has 6 heteroatoms. The first-order valence-corrected chi connectivity index (χ1v) is 7.27. The quantitative estimate of drug-likeness (QED) is 0.757. The van der Waals surface area contributed by atoms with Crippen LogP contribution >= 0.6 is 0 Å². The van der Waals surface area contributed by atoms with Crippen LogP contribution < -0.4 is 5.32 Å². The molecule has 0 bridgehead atoms. The zero-order chi connectivity index (χ0) is 15.5. The molecule has 0 aromatic carbocycles. The lowest BCUT2D eigenvalue weighted by Crippen LogP contribution is -2.61. The van der Waals surface area contributed by atoms with Gasteiger partial charge in [-0.05, 0) is 18.3 Å². The Morgan fingerprint density at radius 1 is 1.20 bits per heavy atom. The molecular weight excluding hydrogens is 272 g/mol. The molecule has 120 valence electrons. The molecule has 0 aromatic heterocycles. The lowest BCUT2D eigenvalue weighted by atomic mass is 9.94. The van der Waals surface area contributed by atoms with Crippen molar-refractivity contribution in [2.45, 2.75) is 58.5 Å². The van der Waals surface area contributed by atoms with Crippen LogP contribution in [-0.4, -0.2) is 49.0 Å². The summed E-state index contributed by atoms with van der Waals surface area (Å²) in [6, 6.07) is -0.0264. The second-order valence-electron chi connectivity index (χ2n) is 6.54. The zero-order valence-electron chi connectivity index (χ0n) is 12.7. The molecule has 1 fully saturated rings. The molecule has 1 rings (SSSR count). The molecule has 20 heavy (non-hydrogen) atoms. The first-order valence-electron chi connectivity index (χ1n) is 7.27. The van der Waals surface area contributed by atoms with E-state index in [-0.39, 0.29) is 18.0 Å². The van der Waals surface area contributed by atoms with Gasteiger partial charge in [0.15, 0.2) is 0 Å². The Morgan fingerprint density at radius 2 is 1.80 bits per heavy atom. The number of halogens is 4. The van der Waals surface area contributed by atoms with E-state index in [2.05, 4.69) is 19.2 Å². The van der Waals surface area contributed by atoms with E-state index in [4.69, 9.17) is 0 Å². The van der Waals surface area contributed by atoms with Crippen molar-refractivity contribution in [3.63, 3.8) is 0 Å². The first kappa shape index (κ1) is 17.7.